The second kappa shape index (κ2) is 5.12. The van der Waals surface area contributed by atoms with Gasteiger partial charge in [-0.1, -0.05) is 42.5 Å². The van der Waals surface area contributed by atoms with Crippen molar-refractivity contribution in [3.8, 4) is 0 Å². The maximum Gasteiger partial charge on any atom is 0.0640 e. The molecule has 0 heterocycles. The van der Waals surface area contributed by atoms with Gasteiger partial charge in [-0.3, -0.25) is 4.99 Å². The Kier molecular flexibility index (Phi) is 3.34. The molecule has 80 valence electrons. The first-order chi connectivity index (χ1) is 7.84. The molecule has 0 amide bonds. The van der Waals surface area contributed by atoms with Gasteiger partial charge in [-0.2, -0.15) is 0 Å². The van der Waals surface area contributed by atoms with Crippen molar-refractivity contribution in [2.24, 2.45) is 4.99 Å². The molecule has 0 unspecified atom stereocenters. The number of nitrogens with zero attached hydrogens (tertiary/aromatic N) is 1. The topological polar surface area (TPSA) is 38.4 Å². The van der Waals surface area contributed by atoms with Crippen LogP contribution in [-0.2, 0) is 6.54 Å². The van der Waals surface area contributed by atoms with Crippen LogP contribution in [0.4, 0.5) is 5.69 Å². The van der Waals surface area contributed by atoms with E-state index in [1.54, 1.807) is 0 Å². The van der Waals surface area contributed by atoms with Crippen molar-refractivity contribution in [1.29, 1.82) is 0 Å². The molecule has 0 fully saturated rings. The monoisotopic (exact) mass is 210 g/mol. The molecule has 2 rings (SSSR count). The number of nitrogens with two attached hydrogens (primary N) is 1. The van der Waals surface area contributed by atoms with Crippen molar-refractivity contribution in [2.75, 3.05) is 5.73 Å². The highest BCUT2D eigenvalue weighted by atomic mass is 14.7. The second-order valence-electron chi connectivity index (χ2n) is 3.63. The van der Waals surface area contributed by atoms with Gasteiger partial charge in [0.15, 0.2) is 0 Å². The van der Waals surface area contributed by atoms with Crippen LogP contribution >= 0.6 is 0 Å². The molecule has 0 atom stereocenters. The largest absolute Gasteiger partial charge is 0.399 e. The van der Waals surface area contributed by atoms with Gasteiger partial charge in [-0.15, -0.1) is 0 Å². The molecule has 2 heteroatoms. The number of hydrogen-bond acceptors (Lipinski definition) is 2. The third-order valence-corrected chi connectivity index (χ3v) is 2.26. The van der Waals surface area contributed by atoms with Gasteiger partial charge in [-0.05, 0) is 23.3 Å². The Bertz CT molecular complexity index is 475. The molecule has 0 bridgehead atoms. The SMILES string of the molecule is Nc1cccc(C/N=C/c2ccccc2)c1. The zero-order chi connectivity index (χ0) is 11.2. The van der Waals surface area contributed by atoms with E-state index in [2.05, 4.69) is 4.99 Å². The fourth-order valence-electron chi connectivity index (χ4n) is 1.49. The molecule has 0 saturated heterocycles. The number of anilines is 1. The van der Waals surface area contributed by atoms with Gasteiger partial charge in [0.05, 0.1) is 6.54 Å². The third-order valence-electron chi connectivity index (χ3n) is 2.26. The first-order valence-electron chi connectivity index (χ1n) is 5.24. The third kappa shape index (κ3) is 2.95. The van der Waals surface area contributed by atoms with Crippen molar-refractivity contribution in [1.82, 2.24) is 0 Å². The number of aliphatic imine (C=N–C) groups is 1. The maximum atomic E-state index is 5.69. The summed E-state index contributed by atoms with van der Waals surface area (Å²) in [6.45, 7) is 0.667. The minimum absolute atomic E-state index is 0.667. The first-order valence-corrected chi connectivity index (χ1v) is 5.24. The molecule has 2 aromatic rings. The predicted molar refractivity (Wildman–Crippen MR) is 68.6 cm³/mol. The second-order valence-corrected chi connectivity index (χ2v) is 3.63. The van der Waals surface area contributed by atoms with Crippen LogP contribution in [0, 0.1) is 0 Å². The predicted octanol–water partition coefficient (Wildman–Crippen LogP) is 2.89. The standard InChI is InChI=1S/C14H14N2/c15-14-8-4-7-13(9-14)11-16-10-12-5-2-1-3-6-12/h1-10H,11,15H2/b16-10+. The minimum Gasteiger partial charge on any atom is -0.399 e. The summed E-state index contributed by atoms with van der Waals surface area (Å²) in [6, 6.07) is 17.9. The van der Waals surface area contributed by atoms with Gasteiger partial charge >= 0.3 is 0 Å². The Morgan fingerprint density at radius 1 is 1.00 bits per heavy atom. The van der Waals surface area contributed by atoms with Crippen molar-refractivity contribution < 1.29 is 0 Å². The molecular formula is C14H14N2. The van der Waals surface area contributed by atoms with Crippen molar-refractivity contribution in [2.45, 2.75) is 6.54 Å². The van der Waals surface area contributed by atoms with Crippen LogP contribution in [0.3, 0.4) is 0 Å². The molecule has 0 aromatic heterocycles. The normalized spacial score (nSPS) is 10.8. The van der Waals surface area contributed by atoms with Crippen molar-refractivity contribution >= 4 is 11.9 Å². The molecule has 2 aromatic carbocycles. The molecular weight excluding hydrogens is 196 g/mol. The fourth-order valence-corrected chi connectivity index (χ4v) is 1.49. The van der Waals surface area contributed by atoms with Crippen LogP contribution in [-0.4, -0.2) is 6.21 Å². The van der Waals surface area contributed by atoms with Crippen molar-refractivity contribution in [3.05, 3.63) is 65.7 Å². The lowest BCUT2D eigenvalue weighted by Crippen LogP contribution is -1.88. The van der Waals surface area contributed by atoms with E-state index in [0.29, 0.717) is 6.54 Å². The van der Waals surface area contributed by atoms with E-state index in [0.717, 1.165) is 16.8 Å². The van der Waals surface area contributed by atoms with Crippen LogP contribution < -0.4 is 5.73 Å². The molecule has 0 aliphatic heterocycles. The van der Waals surface area contributed by atoms with Crippen LogP contribution in [0.25, 0.3) is 0 Å². The molecule has 0 aliphatic rings. The smallest absolute Gasteiger partial charge is 0.0640 e. The summed E-state index contributed by atoms with van der Waals surface area (Å²) >= 11 is 0. The molecule has 16 heavy (non-hydrogen) atoms. The van der Waals surface area contributed by atoms with Crippen molar-refractivity contribution in [3.63, 3.8) is 0 Å². The number of rotatable bonds is 3. The van der Waals surface area contributed by atoms with E-state index in [-0.39, 0.29) is 0 Å². The molecule has 2 nitrogen and oxygen atoms in total. The lowest BCUT2D eigenvalue weighted by molar-refractivity contribution is 1.08. The van der Waals surface area contributed by atoms with Gasteiger partial charge in [0, 0.05) is 11.9 Å². The summed E-state index contributed by atoms with van der Waals surface area (Å²) in [5.41, 5.74) is 8.72. The summed E-state index contributed by atoms with van der Waals surface area (Å²) in [7, 11) is 0. The maximum absolute atomic E-state index is 5.69. The van der Waals surface area contributed by atoms with Crippen LogP contribution in [0.5, 0.6) is 0 Å². The molecule has 2 N–H and O–H groups in total. The van der Waals surface area contributed by atoms with Gasteiger partial charge in [0.2, 0.25) is 0 Å². The number of benzene rings is 2. The highest BCUT2D eigenvalue weighted by Gasteiger charge is 1.90. The Hall–Kier alpha value is -2.09. The molecule has 0 saturated carbocycles. The van der Waals surface area contributed by atoms with E-state index in [1.807, 2.05) is 60.8 Å². The van der Waals surface area contributed by atoms with Gasteiger partial charge in [0.25, 0.3) is 0 Å². The highest BCUT2D eigenvalue weighted by molar-refractivity contribution is 5.79. The quantitative estimate of drug-likeness (QED) is 0.614. The van der Waals surface area contributed by atoms with E-state index in [1.165, 1.54) is 0 Å². The lowest BCUT2D eigenvalue weighted by Gasteiger charge is -1.97. The molecule has 0 aliphatic carbocycles. The summed E-state index contributed by atoms with van der Waals surface area (Å²) in [6.07, 6.45) is 1.88. The Balaban J connectivity index is 2.00. The van der Waals surface area contributed by atoms with Gasteiger partial charge in [-0.25, -0.2) is 0 Å². The van der Waals surface area contributed by atoms with Crippen LogP contribution in [0.15, 0.2) is 59.6 Å². The number of nitrogen functional groups attached to an aromatic ring is 1. The summed E-state index contributed by atoms with van der Waals surface area (Å²) in [4.78, 5) is 4.37. The van der Waals surface area contributed by atoms with E-state index in [4.69, 9.17) is 5.73 Å². The van der Waals surface area contributed by atoms with E-state index < -0.39 is 0 Å². The lowest BCUT2D eigenvalue weighted by atomic mass is 10.2. The Labute approximate surface area is 95.5 Å². The van der Waals surface area contributed by atoms with Crippen LogP contribution in [0.1, 0.15) is 11.1 Å². The minimum atomic E-state index is 0.667. The van der Waals surface area contributed by atoms with Gasteiger partial charge in [0.1, 0.15) is 0 Å². The van der Waals surface area contributed by atoms with E-state index in [9.17, 15) is 0 Å². The van der Waals surface area contributed by atoms with E-state index >= 15 is 0 Å². The number of hydrogen-bond donors (Lipinski definition) is 1. The molecule has 0 spiro atoms. The first kappa shape index (κ1) is 10.4. The zero-order valence-electron chi connectivity index (χ0n) is 9.01. The summed E-state index contributed by atoms with van der Waals surface area (Å²) < 4.78 is 0. The Morgan fingerprint density at radius 2 is 1.81 bits per heavy atom. The zero-order valence-corrected chi connectivity index (χ0v) is 9.01. The average molecular weight is 210 g/mol. The Morgan fingerprint density at radius 3 is 2.56 bits per heavy atom. The van der Waals surface area contributed by atoms with Gasteiger partial charge < -0.3 is 5.73 Å². The summed E-state index contributed by atoms with van der Waals surface area (Å²) in [5, 5.41) is 0. The average Bonchev–Trinajstić information content (AvgIpc) is 2.30. The highest BCUT2D eigenvalue weighted by Crippen LogP contribution is 2.07. The van der Waals surface area contributed by atoms with Crippen LogP contribution in [0.2, 0.25) is 0 Å². The summed E-state index contributed by atoms with van der Waals surface area (Å²) in [5.74, 6) is 0. The molecule has 0 radical (unpaired) electrons. The fraction of sp³-hybridized carbons (Fsp3) is 0.0714.